The van der Waals surface area contributed by atoms with E-state index < -0.39 is 11.3 Å². The highest BCUT2D eigenvalue weighted by Crippen LogP contribution is 2.46. The molecule has 4 N–H and O–H groups in total. The van der Waals surface area contributed by atoms with E-state index in [9.17, 15) is 19.5 Å². The number of nitrogens with one attached hydrogen (secondary N) is 3. The predicted molar refractivity (Wildman–Crippen MR) is 248 cm³/mol. The molecule has 1 unspecified atom stereocenters. The van der Waals surface area contributed by atoms with Crippen molar-refractivity contribution in [1.29, 1.82) is 0 Å². The highest BCUT2D eigenvalue weighted by molar-refractivity contribution is 6.06. The van der Waals surface area contributed by atoms with Crippen LogP contribution in [0.3, 0.4) is 0 Å². The summed E-state index contributed by atoms with van der Waals surface area (Å²) in [6.45, 7) is 13.6. The molecular weight excluding hydrogens is 823 g/mol. The largest absolute Gasteiger partial charge is 0.395 e. The Morgan fingerprint density at radius 3 is 2.32 bits per heavy atom. The standard InChI is InChI=1S/C49H55N11O5/c1-30-24-35(6-10-39(30)32(3)51-46(63)45-53-47(65-56-45)49(29-61)15-16-49)43-40-26-36(27-50-44(40)55-54-43)34-4-7-37(8-5-34)59-22-20-57(21-23-59)28-33-12-17-58(18-13-33)38-9-11-41(31(2)25-38)60-19-14-42(62)52-48(60)64/h4-11,24-27,32-33,61H,12-23,28-29H2,1-3H3,(H,51,63)(H,50,54,55)(H,52,62,64). The number of benzene rings is 3. The van der Waals surface area contributed by atoms with E-state index >= 15 is 0 Å². The number of nitrogens with zero attached hydrogens (tertiary/aromatic N) is 8. The molecule has 10 rings (SSSR count). The van der Waals surface area contributed by atoms with Gasteiger partial charge in [0.2, 0.25) is 11.8 Å². The Labute approximate surface area is 377 Å². The summed E-state index contributed by atoms with van der Waals surface area (Å²) in [4.78, 5) is 55.3. The minimum Gasteiger partial charge on any atom is -0.395 e. The first-order chi connectivity index (χ1) is 31.5. The van der Waals surface area contributed by atoms with Gasteiger partial charge < -0.3 is 24.7 Å². The number of fused-ring (bicyclic) bond motifs is 1. The van der Waals surface area contributed by atoms with Crippen LogP contribution in [-0.2, 0) is 10.2 Å². The number of urea groups is 1. The number of carbonyl (C=O) groups excluding carboxylic acids is 3. The molecule has 4 fully saturated rings. The molecule has 4 amide bonds. The van der Waals surface area contributed by atoms with Crippen LogP contribution < -0.4 is 25.3 Å². The number of aromatic nitrogens is 5. The Kier molecular flexibility index (Phi) is 11.3. The normalized spacial score (nSPS) is 18.6. The van der Waals surface area contributed by atoms with Crippen LogP contribution in [0.1, 0.15) is 78.3 Å². The molecule has 16 heteroatoms. The van der Waals surface area contributed by atoms with E-state index in [4.69, 9.17) is 9.51 Å². The third-order valence-corrected chi connectivity index (χ3v) is 14.0. The molecule has 16 nitrogen and oxygen atoms in total. The zero-order chi connectivity index (χ0) is 44.8. The number of aliphatic hydroxyl groups is 1. The van der Waals surface area contributed by atoms with Crippen molar-refractivity contribution in [2.75, 3.05) is 73.7 Å². The van der Waals surface area contributed by atoms with Gasteiger partial charge in [-0.15, -0.1) is 0 Å². The molecular formula is C49H55N11O5. The fraction of sp³-hybridized carbons (Fsp3) is 0.408. The molecule has 3 saturated heterocycles. The van der Waals surface area contributed by atoms with Gasteiger partial charge in [0.15, 0.2) is 5.65 Å². The van der Waals surface area contributed by atoms with Crippen LogP contribution in [0.5, 0.6) is 0 Å². The summed E-state index contributed by atoms with van der Waals surface area (Å²) in [5.74, 6) is 0.308. The van der Waals surface area contributed by atoms with Gasteiger partial charge in [0, 0.05) is 98.6 Å². The molecule has 0 radical (unpaired) electrons. The van der Waals surface area contributed by atoms with Crippen LogP contribution in [0, 0.1) is 19.8 Å². The number of aliphatic hydroxyl groups excluding tert-OH is 1. The van der Waals surface area contributed by atoms with Crippen molar-refractivity contribution >= 4 is 45.9 Å². The second-order valence-electron chi connectivity index (χ2n) is 18.3. The first-order valence-corrected chi connectivity index (χ1v) is 22.8. The summed E-state index contributed by atoms with van der Waals surface area (Å²) in [7, 11) is 0. The number of carbonyl (C=O) groups is 3. The highest BCUT2D eigenvalue weighted by Gasteiger charge is 2.49. The number of hydrogen-bond donors (Lipinski definition) is 4. The van der Waals surface area contributed by atoms with Crippen molar-refractivity contribution < 1.29 is 24.0 Å². The van der Waals surface area contributed by atoms with Crippen molar-refractivity contribution in [3.05, 3.63) is 101 Å². The number of H-pyrrole nitrogens is 1. The van der Waals surface area contributed by atoms with Crippen LogP contribution in [0.2, 0.25) is 0 Å². The van der Waals surface area contributed by atoms with E-state index in [2.05, 4.69) is 94.2 Å². The van der Waals surface area contributed by atoms with Gasteiger partial charge in [-0.25, -0.2) is 9.78 Å². The second-order valence-corrected chi connectivity index (χ2v) is 18.3. The summed E-state index contributed by atoms with van der Waals surface area (Å²) in [5, 5.41) is 27.6. The number of piperidine rings is 1. The van der Waals surface area contributed by atoms with E-state index in [1.54, 1.807) is 4.90 Å². The second kappa shape index (κ2) is 17.4. The lowest BCUT2D eigenvalue weighted by molar-refractivity contribution is -0.120. The quantitative estimate of drug-likeness (QED) is 0.108. The number of amides is 4. The fourth-order valence-corrected chi connectivity index (χ4v) is 9.78. The van der Waals surface area contributed by atoms with E-state index in [1.807, 2.05) is 45.2 Å². The Hall–Kier alpha value is -6.65. The molecule has 6 aromatic rings. The third-order valence-electron chi connectivity index (χ3n) is 14.0. The number of anilines is 3. The Bertz CT molecular complexity index is 2750. The van der Waals surface area contributed by atoms with Crippen LogP contribution in [0.4, 0.5) is 21.9 Å². The highest BCUT2D eigenvalue weighted by atomic mass is 16.5. The topological polar surface area (TPSA) is 189 Å². The molecule has 1 atom stereocenters. The average molecular weight is 878 g/mol. The zero-order valence-electron chi connectivity index (χ0n) is 37.1. The van der Waals surface area contributed by atoms with E-state index in [-0.39, 0.29) is 30.4 Å². The van der Waals surface area contributed by atoms with Gasteiger partial charge in [-0.3, -0.25) is 29.8 Å². The van der Waals surface area contributed by atoms with Gasteiger partial charge in [-0.2, -0.15) is 10.1 Å². The molecule has 3 aromatic carbocycles. The van der Waals surface area contributed by atoms with Crippen molar-refractivity contribution in [2.24, 2.45) is 5.92 Å². The van der Waals surface area contributed by atoms with Gasteiger partial charge in [0.05, 0.1) is 23.8 Å². The molecule has 1 aliphatic carbocycles. The maximum atomic E-state index is 13.0. The van der Waals surface area contributed by atoms with Gasteiger partial charge in [-0.1, -0.05) is 29.4 Å². The zero-order valence-corrected chi connectivity index (χ0v) is 37.1. The molecule has 0 bridgehead atoms. The minimum absolute atomic E-state index is 0.0358. The lowest BCUT2D eigenvalue weighted by Crippen LogP contribution is -2.49. The predicted octanol–water partition coefficient (Wildman–Crippen LogP) is 6.29. The molecule has 3 aliphatic heterocycles. The number of pyridine rings is 1. The van der Waals surface area contributed by atoms with Gasteiger partial charge >= 0.3 is 6.03 Å². The molecule has 4 aliphatic rings. The summed E-state index contributed by atoms with van der Waals surface area (Å²) < 4.78 is 5.31. The van der Waals surface area contributed by atoms with Gasteiger partial charge in [0.1, 0.15) is 0 Å². The van der Waals surface area contributed by atoms with E-state index in [0.717, 1.165) is 122 Å². The lowest BCUT2D eigenvalue weighted by Gasteiger charge is -2.40. The number of piperazine rings is 1. The number of imide groups is 1. The summed E-state index contributed by atoms with van der Waals surface area (Å²) in [6.07, 6.45) is 6.05. The molecule has 3 aromatic heterocycles. The van der Waals surface area contributed by atoms with Crippen molar-refractivity contribution in [2.45, 2.75) is 64.3 Å². The first-order valence-electron chi connectivity index (χ1n) is 22.8. The monoisotopic (exact) mass is 877 g/mol. The number of hydrogen-bond acceptors (Lipinski definition) is 12. The third kappa shape index (κ3) is 8.55. The van der Waals surface area contributed by atoms with E-state index in [1.165, 1.54) is 11.4 Å². The summed E-state index contributed by atoms with van der Waals surface area (Å²) in [5.41, 5.74) is 10.4. The molecule has 6 heterocycles. The molecule has 336 valence electrons. The Morgan fingerprint density at radius 1 is 0.877 bits per heavy atom. The summed E-state index contributed by atoms with van der Waals surface area (Å²) >= 11 is 0. The number of aryl methyl sites for hydroxylation is 2. The maximum Gasteiger partial charge on any atom is 0.328 e. The number of aromatic amines is 1. The minimum atomic E-state index is -0.498. The first kappa shape index (κ1) is 42.3. The van der Waals surface area contributed by atoms with Crippen molar-refractivity contribution in [3.8, 4) is 22.4 Å². The smallest absolute Gasteiger partial charge is 0.328 e. The van der Waals surface area contributed by atoms with Crippen LogP contribution in [-0.4, -0.2) is 112 Å². The summed E-state index contributed by atoms with van der Waals surface area (Å²) in [6, 6.07) is 22.7. The van der Waals surface area contributed by atoms with Crippen molar-refractivity contribution in [3.63, 3.8) is 0 Å². The average Bonchev–Trinajstić information content (AvgIpc) is 3.73. The maximum absolute atomic E-state index is 13.0. The molecule has 0 spiro atoms. The van der Waals surface area contributed by atoms with E-state index in [0.29, 0.717) is 30.4 Å². The lowest BCUT2D eigenvalue weighted by atomic mass is 9.95. The molecule has 65 heavy (non-hydrogen) atoms. The van der Waals surface area contributed by atoms with Crippen LogP contribution in [0.15, 0.2) is 77.4 Å². The molecule has 1 saturated carbocycles. The van der Waals surface area contributed by atoms with Gasteiger partial charge in [-0.05, 0) is 117 Å². The Morgan fingerprint density at radius 2 is 1.62 bits per heavy atom. The van der Waals surface area contributed by atoms with Crippen molar-refractivity contribution in [1.82, 2.24) is 40.9 Å². The van der Waals surface area contributed by atoms with Gasteiger partial charge in [0.25, 0.3) is 11.7 Å². The fourth-order valence-electron chi connectivity index (χ4n) is 9.78. The van der Waals surface area contributed by atoms with Crippen LogP contribution >= 0.6 is 0 Å². The Balaban J connectivity index is 0.716. The SMILES string of the molecule is Cc1cc(-c2[nH]nc3ncc(-c4ccc(N5CCN(CC6CCN(c7ccc(N8CCC(=O)NC8=O)c(C)c7)CC6)CC5)cc4)cc23)ccc1C(C)NC(=O)c1noc(C2(CO)CC2)n1. The number of rotatable bonds is 12. The van der Waals surface area contributed by atoms with Crippen LogP contribution in [0.25, 0.3) is 33.4 Å².